The number of rotatable bonds is 16. The maximum Gasteiger partial charge on any atom is 2.00 e. The number of hydrogen-bond donors (Lipinski definition) is 0. The molecule has 0 spiro atoms. The van der Waals surface area contributed by atoms with Crippen LogP contribution in [0, 0.1) is 0 Å². The third-order valence-corrected chi connectivity index (χ3v) is 3.88. The molecule has 21 heavy (non-hydrogen) atoms. The molecule has 0 atom stereocenters. The Kier molecular flexibility index (Phi) is 34.5. The molecular weight excluding hydrogens is 338 g/mol. The minimum absolute atomic E-state index is 0. The van der Waals surface area contributed by atoms with E-state index in [0.29, 0.717) is 6.42 Å². The molecule has 0 aromatic rings. The van der Waals surface area contributed by atoms with Crippen molar-refractivity contribution in [3.63, 3.8) is 0 Å². The first kappa shape index (κ1) is 27.4. The minimum Gasteiger partial charge on any atom is -1.00 e. The van der Waals surface area contributed by atoms with Crippen LogP contribution >= 0.6 is 0 Å². The van der Waals surface area contributed by atoms with Crippen molar-refractivity contribution in [2.45, 2.75) is 110 Å². The minimum atomic E-state index is 0. The third-order valence-electron chi connectivity index (χ3n) is 3.88. The zero-order valence-electron chi connectivity index (χ0n) is 16.6. The summed E-state index contributed by atoms with van der Waals surface area (Å²) in [4.78, 5) is 10.0. The summed E-state index contributed by atoms with van der Waals surface area (Å²) >= 11 is 0. The predicted molar refractivity (Wildman–Crippen MR) is 93.2 cm³/mol. The smallest absolute Gasteiger partial charge is 1.00 e. The maximum atomic E-state index is 10.0. The van der Waals surface area contributed by atoms with Crippen molar-refractivity contribution in [2.75, 3.05) is 0 Å². The van der Waals surface area contributed by atoms with E-state index in [2.05, 4.69) is 6.92 Å². The van der Waals surface area contributed by atoms with E-state index in [4.69, 9.17) is 0 Å². The number of carbonyl (C=O) groups excluding carboxylic acids is 1. The van der Waals surface area contributed by atoms with Gasteiger partial charge in [-0.1, -0.05) is 103 Å². The summed E-state index contributed by atoms with van der Waals surface area (Å²) in [7, 11) is 0. The normalized spacial score (nSPS) is 9.76. The van der Waals surface area contributed by atoms with E-state index in [9.17, 15) is 4.79 Å². The Morgan fingerprint density at radius 2 is 0.905 bits per heavy atom. The standard InChI is InChI=1S/C18H35O.Ca.Zn.2H/c1-2-3-4-5-6-7-8-9-10-11-12-13-14-15-16-17-18-19;;;;/h2-17H2,1H3;;;;/q-1;+2;;2*-1. The Balaban J connectivity index is -0.000000270. The van der Waals surface area contributed by atoms with Crippen LogP contribution in [0.4, 0.5) is 0 Å². The molecule has 0 amide bonds. The van der Waals surface area contributed by atoms with Crippen molar-refractivity contribution in [3.05, 3.63) is 0 Å². The van der Waals surface area contributed by atoms with Gasteiger partial charge < -0.3 is 7.65 Å². The molecule has 0 aliphatic heterocycles. The van der Waals surface area contributed by atoms with Crippen LogP contribution in [-0.2, 0) is 24.3 Å². The molecule has 0 N–H and O–H groups in total. The molecule has 0 aliphatic carbocycles. The van der Waals surface area contributed by atoms with E-state index in [1.165, 1.54) is 89.9 Å². The first-order chi connectivity index (χ1) is 9.41. The Labute approximate surface area is 179 Å². The van der Waals surface area contributed by atoms with Gasteiger partial charge in [-0.05, 0) is 0 Å². The van der Waals surface area contributed by atoms with Crippen LogP contribution in [0.1, 0.15) is 113 Å². The van der Waals surface area contributed by atoms with Crippen LogP contribution in [0.3, 0.4) is 0 Å². The molecule has 0 aromatic carbocycles. The SMILES string of the molecule is CCCCCCCCCCCCCCCCC[C-]=O.[Ca+2].[H-].[H-].[Zn]. The summed E-state index contributed by atoms with van der Waals surface area (Å²) in [5, 5.41) is 0. The molecular formula is C18H37CaOZn-. The fourth-order valence-corrected chi connectivity index (χ4v) is 2.57. The van der Waals surface area contributed by atoms with Crippen LogP contribution < -0.4 is 0 Å². The molecule has 0 heterocycles. The van der Waals surface area contributed by atoms with E-state index in [1.807, 2.05) is 6.29 Å². The predicted octanol–water partition coefficient (Wildman–Crippen LogP) is 6.20. The van der Waals surface area contributed by atoms with Crippen LogP contribution in [0.25, 0.3) is 0 Å². The summed E-state index contributed by atoms with van der Waals surface area (Å²) in [5.74, 6) is 0. The van der Waals surface area contributed by atoms with Gasteiger partial charge in [0.15, 0.2) is 0 Å². The van der Waals surface area contributed by atoms with Gasteiger partial charge in [-0.2, -0.15) is 6.42 Å². The topological polar surface area (TPSA) is 17.1 Å². The van der Waals surface area contributed by atoms with Gasteiger partial charge >= 0.3 is 37.7 Å². The molecule has 0 saturated carbocycles. The van der Waals surface area contributed by atoms with Crippen LogP contribution in [-0.4, -0.2) is 44.0 Å². The molecule has 0 aromatic heterocycles. The first-order valence-corrected chi connectivity index (χ1v) is 8.76. The van der Waals surface area contributed by atoms with Gasteiger partial charge in [0.25, 0.3) is 0 Å². The van der Waals surface area contributed by atoms with Crippen LogP contribution in [0.5, 0.6) is 0 Å². The molecule has 0 rings (SSSR count). The summed E-state index contributed by atoms with van der Waals surface area (Å²) in [6.07, 6.45) is 23.2. The van der Waals surface area contributed by atoms with E-state index in [-0.39, 0.29) is 60.1 Å². The molecule has 3 heteroatoms. The summed E-state index contributed by atoms with van der Waals surface area (Å²) in [6, 6.07) is 0. The van der Waals surface area contributed by atoms with Crippen molar-refractivity contribution < 1.29 is 27.1 Å². The molecule has 0 unspecified atom stereocenters. The zero-order valence-corrected chi connectivity index (χ0v) is 19.8. The second-order valence-corrected chi connectivity index (χ2v) is 5.84. The largest absolute Gasteiger partial charge is 2.00 e. The number of hydrogen-bond acceptors (Lipinski definition) is 1. The molecule has 0 fully saturated rings. The quantitative estimate of drug-likeness (QED) is 0.178. The fraction of sp³-hybridized carbons (Fsp3) is 0.944. The Morgan fingerprint density at radius 3 is 1.19 bits per heavy atom. The molecule has 0 saturated heterocycles. The van der Waals surface area contributed by atoms with Crippen molar-refractivity contribution in [2.24, 2.45) is 0 Å². The average Bonchev–Trinajstić information content (AvgIpc) is 2.43. The van der Waals surface area contributed by atoms with Gasteiger partial charge in [-0.25, -0.2) is 0 Å². The second kappa shape index (κ2) is 26.5. The summed E-state index contributed by atoms with van der Waals surface area (Å²) < 4.78 is 0. The van der Waals surface area contributed by atoms with Gasteiger partial charge in [0.05, 0.1) is 0 Å². The Hall–Kier alpha value is 1.55. The average molecular weight is 375 g/mol. The van der Waals surface area contributed by atoms with Gasteiger partial charge in [-0.3, -0.25) is 6.29 Å². The van der Waals surface area contributed by atoms with Gasteiger partial charge in [-0.15, -0.1) is 0 Å². The fourth-order valence-electron chi connectivity index (χ4n) is 2.57. The van der Waals surface area contributed by atoms with E-state index < -0.39 is 0 Å². The molecule has 0 bridgehead atoms. The zero-order chi connectivity index (χ0) is 14.0. The van der Waals surface area contributed by atoms with Crippen molar-refractivity contribution in [1.29, 1.82) is 0 Å². The summed E-state index contributed by atoms with van der Waals surface area (Å²) in [6.45, 7) is 2.28. The summed E-state index contributed by atoms with van der Waals surface area (Å²) in [5.41, 5.74) is 0. The van der Waals surface area contributed by atoms with Gasteiger partial charge in [0, 0.05) is 19.5 Å². The van der Waals surface area contributed by atoms with Crippen molar-refractivity contribution >= 4 is 44.0 Å². The first-order valence-electron chi connectivity index (χ1n) is 8.76. The van der Waals surface area contributed by atoms with Crippen LogP contribution in [0.15, 0.2) is 0 Å². The van der Waals surface area contributed by atoms with Gasteiger partial charge in [0.2, 0.25) is 0 Å². The second-order valence-electron chi connectivity index (χ2n) is 5.84. The third kappa shape index (κ3) is 26.7. The van der Waals surface area contributed by atoms with Crippen molar-refractivity contribution in [1.82, 2.24) is 0 Å². The van der Waals surface area contributed by atoms with Crippen LogP contribution in [0.2, 0.25) is 0 Å². The molecule has 0 aliphatic rings. The Morgan fingerprint density at radius 1 is 0.619 bits per heavy atom. The molecule has 0 radical (unpaired) electrons. The maximum absolute atomic E-state index is 10.0. The molecule has 1 nitrogen and oxygen atoms in total. The van der Waals surface area contributed by atoms with E-state index in [1.54, 1.807) is 0 Å². The molecule has 120 valence electrons. The Bertz CT molecular complexity index is 186. The number of unbranched alkanes of at least 4 members (excludes halogenated alkanes) is 15. The van der Waals surface area contributed by atoms with E-state index in [0.717, 1.165) is 6.42 Å². The monoisotopic (exact) mass is 373 g/mol. The van der Waals surface area contributed by atoms with Crippen molar-refractivity contribution in [3.8, 4) is 0 Å². The van der Waals surface area contributed by atoms with E-state index >= 15 is 0 Å². The van der Waals surface area contributed by atoms with Gasteiger partial charge in [0.1, 0.15) is 0 Å².